The SMILES string of the molecule is OC1CCOCC1CN(CC(F)(F)F)C1CC1. The van der Waals surface area contributed by atoms with E-state index in [1.807, 2.05) is 0 Å². The Morgan fingerprint density at radius 1 is 1.24 bits per heavy atom. The molecule has 1 aliphatic heterocycles. The average molecular weight is 253 g/mol. The molecule has 1 saturated heterocycles. The van der Waals surface area contributed by atoms with Gasteiger partial charge in [0.2, 0.25) is 0 Å². The van der Waals surface area contributed by atoms with Crippen LogP contribution in [0.2, 0.25) is 0 Å². The van der Waals surface area contributed by atoms with Crippen LogP contribution in [0.1, 0.15) is 19.3 Å². The Hall–Kier alpha value is -0.330. The number of ether oxygens (including phenoxy) is 1. The van der Waals surface area contributed by atoms with Crippen molar-refractivity contribution in [2.45, 2.75) is 37.6 Å². The Balaban J connectivity index is 1.88. The number of alkyl halides is 3. The van der Waals surface area contributed by atoms with Gasteiger partial charge in [0.1, 0.15) is 0 Å². The first-order valence-electron chi connectivity index (χ1n) is 6.02. The number of hydrogen-bond acceptors (Lipinski definition) is 3. The van der Waals surface area contributed by atoms with Gasteiger partial charge in [-0.3, -0.25) is 4.90 Å². The van der Waals surface area contributed by atoms with E-state index in [4.69, 9.17) is 4.74 Å². The fraction of sp³-hybridized carbons (Fsp3) is 1.00. The minimum atomic E-state index is -4.16. The van der Waals surface area contributed by atoms with Crippen molar-refractivity contribution in [3.63, 3.8) is 0 Å². The van der Waals surface area contributed by atoms with Gasteiger partial charge in [0.25, 0.3) is 0 Å². The zero-order valence-electron chi connectivity index (χ0n) is 9.62. The van der Waals surface area contributed by atoms with Gasteiger partial charge in [-0.25, -0.2) is 0 Å². The highest BCUT2D eigenvalue weighted by Crippen LogP contribution is 2.31. The molecular formula is C11H18F3NO2. The second kappa shape index (κ2) is 5.12. The third kappa shape index (κ3) is 4.12. The van der Waals surface area contributed by atoms with Gasteiger partial charge in [-0.2, -0.15) is 13.2 Å². The number of rotatable bonds is 4. The standard InChI is InChI=1S/C11H18F3NO2/c12-11(13,14)7-15(9-1-2-9)5-8-6-17-4-3-10(8)16/h8-10,16H,1-7H2. The Labute approximate surface area is 98.5 Å². The van der Waals surface area contributed by atoms with Crippen LogP contribution in [-0.4, -0.2) is 54.6 Å². The topological polar surface area (TPSA) is 32.7 Å². The molecule has 1 heterocycles. The zero-order valence-corrected chi connectivity index (χ0v) is 9.62. The lowest BCUT2D eigenvalue weighted by atomic mass is 9.98. The third-order valence-corrected chi connectivity index (χ3v) is 3.35. The van der Waals surface area contributed by atoms with E-state index in [0.717, 1.165) is 12.8 Å². The van der Waals surface area contributed by atoms with E-state index in [-0.39, 0.29) is 18.5 Å². The van der Waals surface area contributed by atoms with Crippen molar-refractivity contribution in [3.05, 3.63) is 0 Å². The van der Waals surface area contributed by atoms with Crippen molar-refractivity contribution in [3.8, 4) is 0 Å². The summed E-state index contributed by atoms with van der Waals surface area (Å²) in [6.45, 7) is 0.273. The van der Waals surface area contributed by atoms with E-state index in [0.29, 0.717) is 19.6 Å². The maximum atomic E-state index is 12.4. The molecule has 2 aliphatic rings. The van der Waals surface area contributed by atoms with Gasteiger partial charge in [-0.05, 0) is 19.3 Å². The first kappa shape index (κ1) is 13.1. The normalized spacial score (nSPS) is 30.9. The van der Waals surface area contributed by atoms with E-state index in [1.54, 1.807) is 0 Å². The third-order valence-electron chi connectivity index (χ3n) is 3.35. The molecule has 2 atom stereocenters. The second-order valence-electron chi connectivity index (χ2n) is 4.97. The summed E-state index contributed by atoms with van der Waals surface area (Å²) in [5, 5.41) is 9.73. The van der Waals surface area contributed by atoms with Gasteiger partial charge in [0.05, 0.1) is 19.3 Å². The largest absolute Gasteiger partial charge is 0.401 e. The molecule has 1 aliphatic carbocycles. The summed E-state index contributed by atoms with van der Waals surface area (Å²) in [6, 6.07) is 0.0470. The van der Waals surface area contributed by atoms with E-state index in [2.05, 4.69) is 0 Å². The average Bonchev–Trinajstić information content (AvgIpc) is 3.01. The molecule has 0 aromatic rings. The van der Waals surface area contributed by atoms with Crippen molar-refractivity contribution in [1.29, 1.82) is 0 Å². The Bertz CT molecular complexity index is 256. The molecule has 2 fully saturated rings. The van der Waals surface area contributed by atoms with Gasteiger partial charge in [0.15, 0.2) is 0 Å². The first-order chi connectivity index (χ1) is 7.96. The molecule has 17 heavy (non-hydrogen) atoms. The molecule has 0 radical (unpaired) electrons. The summed E-state index contributed by atoms with van der Waals surface area (Å²) in [6.07, 6.45) is -2.50. The minimum Gasteiger partial charge on any atom is -0.393 e. The highest BCUT2D eigenvalue weighted by Gasteiger charge is 2.40. The van der Waals surface area contributed by atoms with Gasteiger partial charge in [-0.15, -0.1) is 0 Å². The highest BCUT2D eigenvalue weighted by atomic mass is 19.4. The monoisotopic (exact) mass is 253 g/mol. The van der Waals surface area contributed by atoms with Crippen molar-refractivity contribution in [1.82, 2.24) is 4.90 Å². The maximum Gasteiger partial charge on any atom is 0.401 e. The van der Waals surface area contributed by atoms with Crippen LogP contribution in [0, 0.1) is 5.92 Å². The number of hydrogen-bond donors (Lipinski definition) is 1. The molecule has 6 heteroatoms. The van der Waals surface area contributed by atoms with Crippen LogP contribution in [0.5, 0.6) is 0 Å². The van der Waals surface area contributed by atoms with Crippen LogP contribution in [0.3, 0.4) is 0 Å². The van der Waals surface area contributed by atoms with Crippen molar-refractivity contribution in [2.75, 3.05) is 26.3 Å². The molecule has 2 unspecified atom stereocenters. The lowest BCUT2D eigenvalue weighted by Gasteiger charge is -2.33. The van der Waals surface area contributed by atoms with E-state index in [1.165, 1.54) is 4.90 Å². The van der Waals surface area contributed by atoms with E-state index in [9.17, 15) is 18.3 Å². The fourth-order valence-electron chi connectivity index (χ4n) is 2.27. The summed E-state index contributed by atoms with van der Waals surface area (Å²) >= 11 is 0. The molecule has 0 spiro atoms. The molecule has 0 aromatic heterocycles. The lowest BCUT2D eigenvalue weighted by Crippen LogP contribution is -2.45. The second-order valence-corrected chi connectivity index (χ2v) is 4.97. The fourth-order valence-corrected chi connectivity index (χ4v) is 2.27. The molecule has 0 bridgehead atoms. The smallest absolute Gasteiger partial charge is 0.393 e. The van der Waals surface area contributed by atoms with Crippen molar-refractivity contribution in [2.24, 2.45) is 5.92 Å². The first-order valence-corrected chi connectivity index (χ1v) is 6.02. The number of aliphatic hydroxyl groups excluding tert-OH is 1. The summed E-state index contributed by atoms with van der Waals surface area (Å²) in [5.41, 5.74) is 0. The van der Waals surface area contributed by atoms with Gasteiger partial charge < -0.3 is 9.84 Å². The lowest BCUT2D eigenvalue weighted by molar-refractivity contribution is -0.152. The minimum absolute atomic E-state index is 0.0470. The molecule has 1 saturated carbocycles. The summed E-state index contributed by atoms with van der Waals surface area (Å²) in [4.78, 5) is 1.45. The van der Waals surface area contributed by atoms with Gasteiger partial charge in [0, 0.05) is 25.1 Å². The van der Waals surface area contributed by atoms with Crippen LogP contribution >= 0.6 is 0 Å². The number of halogens is 3. The summed E-state index contributed by atoms with van der Waals surface area (Å²) in [7, 11) is 0. The van der Waals surface area contributed by atoms with E-state index >= 15 is 0 Å². The molecule has 1 N–H and O–H groups in total. The summed E-state index contributed by atoms with van der Waals surface area (Å²) < 4.78 is 42.4. The van der Waals surface area contributed by atoms with Crippen LogP contribution in [0.25, 0.3) is 0 Å². The van der Waals surface area contributed by atoms with Crippen LogP contribution < -0.4 is 0 Å². The zero-order chi connectivity index (χ0) is 12.5. The van der Waals surface area contributed by atoms with E-state index < -0.39 is 18.8 Å². The van der Waals surface area contributed by atoms with Crippen molar-refractivity contribution < 1.29 is 23.0 Å². The Morgan fingerprint density at radius 2 is 1.94 bits per heavy atom. The number of nitrogens with zero attached hydrogens (tertiary/aromatic N) is 1. The Kier molecular flexibility index (Phi) is 3.95. The molecular weight excluding hydrogens is 235 g/mol. The molecule has 100 valence electrons. The predicted octanol–water partition coefficient (Wildman–Crippen LogP) is 1.41. The summed E-state index contributed by atoms with van der Waals surface area (Å²) in [5.74, 6) is -0.188. The molecule has 3 nitrogen and oxygen atoms in total. The highest BCUT2D eigenvalue weighted by molar-refractivity contribution is 4.88. The molecule has 2 rings (SSSR count). The van der Waals surface area contributed by atoms with Crippen LogP contribution in [0.15, 0.2) is 0 Å². The van der Waals surface area contributed by atoms with Crippen LogP contribution in [0.4, 0.5) is 13.2 Å². The maximum absolute atomic E-state index is 12.4. The molecule has 0 amide bonds. The quantitative estimate of drug-likeness (QED) is 0.822. The number of aliphatic hydroxyl groups is 1. The van der Waals surface area contributed by atoms with Gasteiger partial charge in [-0.1, -0.05) is 0 Å². The van der Waals surface area contributed by atoms with Crippen molar-refractivity contribution >= 4 is 0 Å². The Morgan fingerprint density at radius 3 is 2.47 bits per heavy atom. The van der Waals surface area contributed by atoms with Gasteiger partial charge >= 0.3 is 6.18 Å². The predicted molar refractivity (Wildman–Crippen MR) is 55.6 cm³/mol. The molecule has 0 aromatic carbocycles. The van der Waals surface area contributed by atoms with Crippen LogP contribution in [-0.2, 0) is 4.74 Å².